The average molecular weight is 417 g/mol. The first-order valence-corrected chi connectivity index (χ1v) is 10.7. The van der Waals surface area contributed by atoms with E-state index in [0.29, 0.717) is 12.2 Å². The number of benzene rings is 2. The summed E-state index contributed by atoms with van der Waals surface area (Å²) >= 11 is 0. The maximum absolute atomic E-state index is 13.5. The van der Waals surface area contributed by atoms with Crippen molar-refractivity contribution in [2.75, 3.05) is 6.54 Å². The second kappa shape index (κ2) is 8.38. The largest absolute Gasteiger partial charge is 0.336 e. The Morgan fingerprint density at radius 3 is 2.32 bits per heavy atom. The van der Waals surface area contributed by atoms with Crippen molar-refractivity contribution in [2.24, 2.45) is 5.10 Å². The Morgan fingerprint density at radius 1 is 1.00 bits per heavy atom. The Morgan fingerprint density at radius 2 is 1.65 bits per heavy atom. The standard InChI is InChI=1S/C25H28N4O2/c1-17(2)29(18(3)4)24(30)16-28-25(31)23-14-20-12-8-9-13-22(20)27(23)15-21(26-28)19-10-6-5-7-11-19/h5-14,17-18H,15-16H2,1-4H3. The third-order valence-corrected chi connectivity index (χ3v) is 5.61. The predicted molar refractivity (Wildman–Crippen MR) is 123 cm³/mol. The third-order valence-electron chi connectivity index (χ3n) is 5.61. The summed E-state index contributed by atoms with van der Waals surface area (Å²) in [5, 5.41) is 7.02. The van der Waals surface area contributed by atoms with Gasteiger partial charge in [-0.2, -0.15) is 5.10 Å². The zero-order chi connectivity index (χ0) is 22.1. The van der Waals surface area contributed by atoms with Crippen molar-refractivity contribution in [3.8, 4) is 0 Å². The number of carbonyl (C=O) groups is 2. The van der Waals surface area contributed by atoms with E-state index in [9.17, 15) is 9.59 Å². The molecule has 160 valence electrons. The lowest BCUT2D eigenvalue weighted by Gasteiger charge is -2.32. The van der Waals surface area contributed by atoms with Crippen LogP contribution in [0.2, 0.25) is 0 Å². The van der Waals surface area contributed by atoms with E-state index in [1.165, 1.54) is 5.01 Å². The Balaban J connectivity index is 1.79. The fraction of sp³-hybridized carbons (Fsp3) is 0.320. The minimum Gasteiger partial charge on any atom is -0.336 e. The van der Waals surface area contributed by atoms with Crippen LogP contribution in [0.25, 0.3) is 10.9 Å². The van der Waals surface area contributed by atoms with Gasteiger partial charge in [0.2, 0.25) is 5.91 Å². The topological polar surface area (TPSA) is 57.9 Å². The van der Waals surface area contributed by atoms with Gasteiger partial charge in [-0.25, -0.2) is 5.01 Å². The lowest BCUT2D eigenvalue weighted by molar-refractivity contribution is -0.135. The molecule has 1 aromatic heterocycles. The van der Waals surface area contributed by atoms with Crippen molar-refractivity contribution in [1.82, 2.24) is 14.5 Å². The average Bonchev–Trinajstić information content (AvgIpc) is 3.04. The number of hydrogen-bond acceptors (Lipinski definition) is 3. The Kier molecular flexibility index (Phi) is 5.63. The fourth-order valence-corrected chi connectivity index (χ4v) is 4.33. The number of carbonyl (C=O) groups excluding carboxylic acids is 2. The summed E-state index contributed by atoms with van der Waals surface area (Å²) < 4.78 is 2.00. The molecular weight excluding hydrogens is 388 g/mol. The summed E-state index contributed by atoms with van der Waals surface area (Å²) in [6.07, 6.45) is 0. The Bertz CT molecular complexity index is 1140. The number of fused-ring (bicyclic) bond motifs is 3. The minimum atomic E-state index is -0.261. The maximum Gasteiger partial charge on any atom is 0.291 e. The summed E-state index contributed by atoms with van der Waals surface area (Å²) in [5.41, 5.74) is 3.21. The van der Waals surface area contributed by atoms with Gasteiger partial charge in [-0.15, -0.1) is 0 Å². The van der Waals surface area contributed by atoms with Crippen LogP contribution in [-0.4, -0.2) is 50.6 Å². The van der Waals surface area contributed by atoms with Crippen molar-refractivity contribution in [2.45, 2.75) is 46.3 Å². The molecule has 0 spiro atoms. The fourth-order valence-electron chi connectivity index (χ4n) is 4.33. The van der Waals surface area contributed by atoms with Crippen LogP contribution in [-0.2, 0) is 11.3 Å². The molecular formula is C25H28N4O2. The van der Waals surface area contributed by atoms with Crippen molar-refractivity contribution >= 4 is 28.4 Å². The smallest absolute Gasteiger partial charge is 0.291 e. The SMILES string of the molecule is CC(C)N(C(=O)CN1N=C(c2ccccc2)Cn2c(cc3ccccc32)C1=O)C(C)C. The van der Waals surface area contributed by atoms with Gasteiger partial charge in [0.25, 0.3) is 5.91 Å². The van der Waals surface area contributed by atoms with E-state index >= 15 is 0 Å². The molecule has 2 amide bonds. The molecule has 4 rings (SSSR count). The highest BCUT2D eigenvalue weighted by Gasteiger charge is 2.30. The third kappa shape index (κ3) is 3.98. The van der Waals surface area contributed by atoms with Gasteiger partial charge in [-0.05, 0) is 45.4 Å². The summed E-state index contributed by atoms with van der Waals surface area (Å²) in [7, 11) is 0. The van der Waals surface area contributed by atoms with Gasteiger partial charge in [0.05, 0.1) is 12.3 Å². The van der Waals surface area contributed by atoms with E-state index in [4.69, 9.17) is 5.10 Å². The zero-order valence-electron chi connectivity index (χ0n) is 18.4. The van der Waals surface area contributed by atoms with Crippen LogP contribution in [0.15, 0.2) is 65.8 Å². The lowest BCUT2D eigenvalue weighted by Crippen LogP contribution is -2.47. The number of hydrogen-bond donors (Lipinski definition) is 0. The molecule has 0 atom stereocenters. The van der Waals surface area contributed by atoms with Gasteiger partial charge in [0.1, 0.15) is 12.2 Å². The van der Waals surface area contributed by atoms with Crippen LogP contribution >= 0.6 is 0 Å². The molecule has 0 fully saturated rings. The van der Waals surface area contributed by atoms with Crippen LogP contribution in [0, 0.1) is 0 Å². The molecule has 0 unspecified atom stereocenters. The molecule has 1 aliphatic heterocycles. The maximum atomic E-state index is 13.5. The highest BCUT2D eigenvalue weighted by molar-refractivity contribution is 6.07. The number of rotatable bonds is 5. The molecule has 6 nitrogen and oxygen atoms in total. The molecule has 0 bridgehead atoms. The second-order valence-electron chi connectivity index (χ2n) is 8.44. The van der Waals surface area contributed by atoms with Crippen molar-refractivity contribution in [1.29, 1.82) is 0 Å². The predicted octanol–water partition coefficient (Wildman–Crippen LogP) is 4.15. The molecule has 0 saturated heterocycles. The molecule has 31 heavy (non-hydrogen) atoms. The van der Waals surface area contributed by atoms with Gasteiger partial charge in [0, 0.05) is 23.0 Å². The van der Waals surface area contributed by atoms with Crippen LogP contribution in [0.3, 0.4) is 0 Å². The van der Waals surface area contributed by atoms with E-state index in [1.807, 2.05) is 92.9 Å². The minimum absolute atomic E-state index is 0.0404. The second-order valence-corrected chi connectivity index (χ2v) is 8.44. The molecule has 0 saturated carbocycles. The van der Waals surface area contributed by atoms with Gasteiger partial charge in [0.15, 0.2) is 0 Å². The summed E-state index contributed by atoms with van der Waals surface area (Å²) in [6, 6.07) is 19.7. The van der Waals surface area contributed by atoms with Crippen LogP contribution < -0.4 is 0 Å². The summed E-state index contributed by atoms with van der Waals surface area (Å²) in [4.78, 5) is 28.4. The van der Waals surface area contributed by atoms with E-state index < -0.39 is 0 Å². The Labute approximate surface area is 182 Å². The molecule has 1 aliphatic rings. The molecule has 2 aromatic carbocycles. The number of amides is 2. The monoisotopic (exact) mass is 416 g/mol. The zero-order valence-corrected chi connectivity index (χ0v) is 18.4. The van der Waals surface area contributed by atoms with Crippen LogP contribution in [0.1, 0.15) is 43.7 Å². The first-order chi connectivity index (χ1) is 14.9. The number of nitrogens with zero attached hydrogens (tertiary/aromatic N) is 4. The number of hydrazone groups is 1. The van der Waals surface area contributed by atoms with Crippen molar-refractivity contribution < 1.29 is 9.59 Å². The first kappa shape index (κ1) is 20.8. The highest BCUT2D eigenvalue weighted by Crippen LogP contribution is 2.25. The summed E-state index contributed by atoms with van der Waals surface area (Å²) in [6.45, 7) is 8.31. The summed E-state index contributed by atoms with van der Waals surface area (Å²) in [5.74, 6) is -0.373. The van der Waals surface area contributed by atoms with Gasteiger partial charge < -0.3 is 9.47 Å². The highest BCUT2D eigenvalue weighted by atomic mass is 16.2. The van der Waals surface area contributed by atoms with E-state index in [2.05, 4.69) is 0 Å². The van der Waals surface area contributed by atoms with E-state index in [-0.39, 0.29) is 30.4 Å². The molecule has 3 aromatic rings. The van der Waals surface area contributed by atoms with Crippen LogP contribution in [0.4, 0.5) is 0 Å². The van der Waals surface area contributed by atoms with Gasteiger partial charge in [-0.3, -0.25) is 9.59 Å². The molecule has 0 N–H and O–H groups in total. The molecule has 0 radical (unpaired) electrons. The number of aromatic nitrogens is 1. The normalized spacial score (nSPS) is 14.1. The van der Waals surface area contributed by atoms with Crippen LogP contribution in [0.5, 0.6) is 0 Å². The molecule has 6 heteroatoms. The van der Waals surface area contributed by atoms with Gasteiger partial charge in [-0.1, -0.05) is 48.5 Å². The number of para-hydroxylation sites is 1. The van der Waals surface area contributed by atoms with Crippen molar-refractivity contribution in [3.05, 3.63) is 71.9 Å². The molecule has 2 heterocycles. The van der Waals surface area contributed by atoms with Crippen molar-refractivity contribution in [3.63, 3.8) is 0 Å². The van der Waals surface area contributed by atoms with E-state index in [1.54, 1.807) is 4.90 Å². The quantitative estimate of drug-likeness (QED) is 0.627. The Hall–Kier alpha value is -3.41. The lowest BCUT2D eigenvalue weighted by atomic mass is 10.1. The van der Waals surface area contributed by atoms with Gasteiger partial charge >= 0.3 is 0 Å². The van der Waals surface area contributed by atoms with E-state index in [0.717, 1.165) is 22.2 Å². The molecule has 0 aliphatic carbocycles. The first-order valence-electron chi connectivity index (χ1n) is 10.7.